The predicted octanol–water partition coefficient (Wildman–Crippen LogP) is 2.87. The number of hydrogen-bond acceptors (Lipinski definition) is 4. The first-order valence-electron chi connectivity index (χ1n) is 9.57. The molecule has 0 spiro atoms. The minimum Gasteiger partial charge on any atom is -0.497 e. The predicted molar refractivity (Wildman–Crippen MR) is 112 cm³/mol. The van der Waals surface area contributed by atoms with Crippen molar-refractivity contribution in [3.63, 3.8) is 0 Å². The maximum Gasteiger partial charge on any atom is 0.236 e. The van der Waals surface area contributed by atoms with Gasteiger partial charge < -0.3 is 15.4 Å². The van der Waals surface area contributed by atoms with Gasteiger partial charge in [0.15, 0.2) is 0 Å². The van der Waals surface area contributed by atoms with E-state index in [-0.39, 0.29) is 37.3 Å². The normalized spacial score (nSPS) is 29.8. The van der Waals surface area contributed by atoms with E-state index in [2.05, 4.69) is 29.2 Å². The van der Waals surface area contributed by atoms with Crippen LogP contribution in [-0.4, -0.2) is 55.0 Å². The molecule has 4 rings (SSSR count). The lowest BCUT2D eigenvalue weighted by Crippen LogP contribution is -2.60. The van der Waals surface area contributed by atoms with E-state index in [1.165, 1.54) is 31.2 Å². The Labute approximate surface area is 174 Å². The molecule has 0 saturated carbocycles. The van der Waals surface area contributed by atoms with Crippen LogP contribution in [-0.2, 0) is 4.79 Å². The van der Waals surface area contributed by atoms with Crippen LogP contribution in [0.5, 0.6) is 5.75 Å². The SMILES string of the molecule is COc1ccc([C@H]2CCC[C@H]3[C@@H]4C[C@@H](CN(C(=O)CN)C4)CN23)cc1.Cl.Cl. The molecular weight excluding hydrogens is 385 g/mol. The van der Waals surface area contributed by atoms with Crippen molar-refractivity contribution in [2.75, 3.05) is 33.3 Å². The molecule has 1 amide bonds. The number of rotatable bonds is 3. The summed E-state index contributed by atoms with van der Waals surface area (Å²) in [5, 5.41) is 0. The average Bonchev–Trinajstić information content (AvgIpc) is 2.67. The lowest BCUT2D eigenvalue weighted by molar-refractivity contribution is -0.137. The number of halogens is 2. The van der Waals surface area contributed by atoms with Crippen LogP contribution in [0.4, 0.5) is 0 Å². The number of hydrogen-bond donors (Lipinski definition) is 1. The number of fused-ring (bicyclic) bond motifs is 4. The van der Waals surface area contributed by atoms with Crippen molar-refractivity contribution in [2.45, 2.75) is 37.8 Å². The monoisotopic (exact) mass is 415 g/mol. The number of carbonyl (C=O) groups excluding carboxylic acids is 1. The second kappa shape index (κ2) is 9.46. The van der Waals surface area contributed by atoms with Crippen LogP contribution in [0, 0.1) is 11.8 Å². The molecule has 152 valence electrons. The van der Waals surface area contributed by atoms with Crippen LogP contribution in [0.25, 0.3) is 0 Å². The first-order chi connectivity index (χ1) is 12.2. The number of amides is 1. The molecule has 3 fully saturated rings. The van der Waals surface area contributed by atoms with E-state index in [0.717, 1.165) is 25.4 Å². The van der Waals surface area contributed by atoms with Gasteiger partial charge in [-0.1, -0.05) is 12.1 Å². The van der Waals surface area contributed by atoms with Crippen molar-refractivity contribution < 1.29 is 9.53 Å². The number of ether oxygens (including phenoxy) is 1. The van der Waals surface area contributed by atoms with Crippen molar-refractivity contribution >= 4 is 30.7 Å². The van der Waals surface area contributed by atoms with Crippen LogP contribution in [0.1, 0.15) is 37.3 Å². The highest BCUT2D eigenvalue weighted by Crippen LogP contribution is 2.44. The highest BCUT2D eigenvalue weighted by Gasteiger charge is 2.45. The van der Waals surface area contributed by atoms with Gasteiger partial charge in [-0.05, 0) is 55.2 Å². The minimum absolute atomic E-state index is 0. The van der Waals surface area contributed by atoms with Gasteiger partial charge in [0.2, 0.25) is 5.91 Å². The second-order valence-corrected chi connectivity index (χ2v) is 7.85. The summed E-state index contributed by atoms with van der Waals surface area (Å²) in [5.74, 6) is 2.22. The first kappa shape index (κ1) is 22.3. The molecule has 2 bridgehead atoms. The Hall–Kier alpha value is -1.01. The Morgan fingerprint density at radius 3 is 2.56 bits per heavy atom. The molecule has 0 aliphatic carbocycles. The third-order valence-corrected chi connectivity index (χ3v) is 6.41. The molecule has 1 aromatic carbocycles. The maximum atomic E-state index is 12.1. The molecule has 0 radical (unpaired) electrons. The maximum absolute atomic E-state index is 12.1. The van der Waals surface area contributed by atoms with E-state index < -0.39 is 0 Å². The highest BCUT2D eigenvalue weighted by molar-refractivity contribution is 5.85. The van der Waals surface area contributed by atoms with Crippen LogP contribution in [0.2, 0.25) is 0 Å². The third-order valence-electron chi connectivity index (χ3n) is 6.41. The lowest BCUT2D eigenvalue weighted by Gasteiger charge is -2.55. The zero-order chi connectivity index (χ0) is 17.4. The summed E-state index contributed by atoms with van der Waals surface area (Å²) in [5.41, 5.74) is 7.00. The van der Waals surface area contributed by atoms with E-state index >= 15 is 0 Å². The molecule has 0 aromatic heterocycles. The van der Waals surface area contributed by atoms with Gasteiger partial charge in [0, 0.05) is 31.7 Å². The summed E-state index contributed by atoms with van der Waals surface area (Å²) in [6.45, 7) is 3.02. The fourth-order valence-electron chi connectivity index (χ4n) is 5.32. The van der Waals surface area contributed by atoms with Gasteiger partial charge in [0.25, 0.3) is 0 Å². The molecule has 3 saturated heterocycles. The summed E-state index contributed by atoms with van der Waals surface area (Å²) in [4.78, 5) is 16.8. The molecule has 3 aliphatic rings. The van der Waals surface area contributed by atoms with Crippen LogP contribution < -0.4 is 10.5 Å². The van der Waals surface area contributed by atoms with Gasteiger partial charge in [-0.15, -0.1) is 24.8 Å². The topological polar surface area (TPSA) is 58.8 Å². The molecule has 0 unspecified atom stereocenters. The second-order valence-electron chi connectivity index (χ2n) is 7.85. The summed E-state index contributed by atoms with van der Waals surface area (Å²) < 4.78 is 5.31. The molecule has 27 heavy (non-hydrogen) atoms. The molecule has 7 heteroatoms. The fraction of sp³-hybridized carbons (Fsp3) is 0.650. The standard InChI is InChI=1S/C20H29N3O2.2ClH/c1-25-17-7-5-15(6-8-17)18-3-2-4-19-16-9-14(12-23(18)19)11-22(13-16)20(24)10-21;;/h5-8,14,16,18-19H,2-4,9-13,21H2,1H3;2*1H/t14-,16+,18+,19-;;/m0../s1. The Bertz CT molecular complexity index is 628. The van der Waals surface area contributed by atoms with E-state index in [1.807, 2.05) is 4.90 Å². The fourth-order valence-corrected chi connectivity index (χ4v) is 5.32. The highest BCUT2D eigenvalue weighted by atomic mass is 35.5. The number of likely N-dealkylation sites (tertiary alicyclic amines) is 1. The lowest BCUT2D eigenvalue weighted by atomic mass is 9.74. The number of benzene rings is 1. The Morgan fingerprint density at radius 2 is 1.89 bits per heavy atom. The molecule has 1 aromatic rings. The first-order valence-corrected chi connectivity index (χ1v) is 9.57. The quantitative estimate of drug-likeness (QED) is 0.824. The van der Waals surface area contributed by atoms with Gasteiger partial charge in [-0.3, -0.25) is 9.69 Å². The molecule has 3 heterocycles. The zero-order valence-electron chi connectivity index (χ0n) is 15.9. The Kier molecular flexibility index (Phi) is 7.81. The number of carbonyl (C=O) groups is 1. The van der Waals surface area contributed by atoms with Crippen LogP contribution in [0.3, 0.4) is 0 Å². The number of piperidine rings is 3. The van der Waals surface area contributed by atoms with E-state index in [9.17, 15) is 4.79 Å². The number of methoxy groups -OCH3 is 1. The Balaban J connectivity index is 0.00000131. The van der Waals surface area contributed by atoms with Gasteiger partial charge in [0.05, 0.1) is 13.7 Å². The third kappa shape index (κ3) is 4.37. The molecule has 5 nitrogen and oxygen atoms in total. The van der Waals surface area contributed by atoms with Crippen molar-refractivity contribution in [2.24, 2.45) is 17.6 Å². The van der Waals surface area contributed by atoms with Crippen LogP contribution >= 0.6 is 24.8 Å². The van der Waals surface area contributed by atoms with E-state index in [0.29, 0.717) is 23.9 Å². The summed E-state index contributed by atoms with van der Waals surface area (Å²) in [7, 11) is 1.71. The van der Waals surface area contributed by atoms with Gasteiger partial charge in [-0.2, -0.15) is 0 Å². The molecule has 4 atom stereocenters. The Morgan fingerprint density at radius 1 is 1.15 bits per heavy atom. The summed E-state index contributed by atoms with van der Waals surface area (Å²) >= 11 is 0. The number of nitrogens with two attached hydrogens (primary N) is 1. The smallest absolute Gasteiger partial charge is 0.236 e. The zero-order valence-corrected chi connectivity index (χ0v) is 17.5. The average molecular weight is 416 g/mol. The van der Waals surface area contributed by atoms with Crippen LogP contribution in [0.15, 0.2) is 24.3 Å². The summed E-state index contributed by atoms with van der Waals surface area (Å²) in [6.07, 6.45) is 5.02. The summed E-state index contributed by atoms with van der Waals surface area (Å²) in [6, 6.07) is 9.70. The minimum atomic E-state index is 0. The van der Waals surface area contributed by atoms with Crippen molar-refractivity contribution in [1.29, 1.82) is 0 Å². The number of nitrogens with zero attached hydrogens (tertiary/aromatic N) is 2. The van der Waals surface area contributed by atoms with E-state index in [1.54, 1.807) is 7.11 Å². The van der Waals surface area contributed by atoms with Gasteiger partial charge in [0.1, 0.15) is 5.75 Å². The van der Waals surface area contributed by atoms with Crippen molar-refractivity contribution in [1.82, 2.24) is 9.80 Å². The molecular formula is C20H31Cl2N3O2. The van der Waals surface area contributed by atoms with Gasteiger partial charge in [-0.25, -0.2) is 0 Å². The molecule has 2 N–H and O–H groups in total. The van der Waals surface area contributed by atoms with Gasteiger partial charge >= 0.3 is 0 Å². The van der Waals surface area contributed by atoms with Crippen molar-refractivity contribution in [3.8, 4) is 5.75 Å². The largest absolute Gasteiger partial charge is 0.497 e. The molecule has 3 aliphatic heterocycles. The van der Waals surface area contributed by atoms with Crippen molar-refractivity contribution in [3.05, 3.63) is 29.8 Å². The van der Waals surface area contributed by atoms with E-state index in [4.69, 9.17) is 10.5 Å².